The van der Waals surface area contributed by atoms with Gasteiger partial charge in [-0.3, -0.25) is 4.79 Å². The average molecular weight is 398 g/mol. The molecular formula is C20H35N3O3S. The molecule has 1 amide bonds. The van der Waals surface area contributed by atoms with Crippen LogP contribution in [0.1, 0.15) is 59.3 Å². The second-order valence-electron chi connectivity index (χ2n) is 8.53. The largest absolute Gasteiger partial charge is 0.467 e. The van der Waals surface area contributed by atoms with E-state index < -0.39 is 6.10 Å². The van der Waals surface area contributed by atoms with Crippen LogP contribution in [0.5, 0.6) is 5.19 Å². The molecule has 2 saturated carbocycles. The molecule has 6 nitrogen and oxygen atoms in total. The maximum Gasteiger partial charge on any atom is 0.273 e. The van der Waals surface area contributed by atoms with E-state index >= 15 is 0 Å². The van der Waals surface area contributed by atoms with Crippen molar-refractivity contribution in [1.29, 1.82) is 0 Å². The minimum Gasteiger partial charge on any atom is -0.467 e. The van der Waals surface area contributed by atoms with Gasteiger partial charge >= 0.3 is 0 Å². The van der Waals surface area contributed by atoms with E-state index in [2.05, 4.69) is 36.4 Å². The zero-order valence-corrected chi connectivity index (χ0v) is 17.7. The normalized spacial score (nSPS) is 23.9. The molecule has 1 aromatic heterocycles. The van der Waals surface area contributed by atoms with Crippen LogP contribution >= 0.6 is 11.3 Å². The van der Waals surface area contributed by atoms with Gasteiger partial charge in [0, 0.05) is 36.6 Å². The van der Waals surface area contributed by atoms with Crippen LogP contribution in [-0.2, 0) is 4.79 Å². The molecule has 1 aromatic rings. The van der Waals surface area contributed by atoms with E-state index in [1.807, 2.05) is 5.38 Å². The van der Waals surface area contributed by atoms with E-state index in [0.29, 0.717) is 11.7 Å². The van der Waals surface area contributed by atoms with Gasteiger partial charge in [-0.25, -0.2) is 4.98 Å². The van der Waals surface area contributed by atoms with Crippen molar-refractivity contribution in [2.75, 3.05) is 19.7 Å². The number of nitrogens with one attached hydrogen (secondary N) is 2. The van der Waals surface area contributed by atoms with Crippen molar-refractivity contribution < 1.29 is 14.6 Å². The van der Waals surface area contributed by atoms with E-state index in [-0.39, 0.29) is 18.1 Å². The first-order chi connectivity index (χ1) is 12.8. The number of carbonyl (C=O) groups is 1. The number of ether oxygens (including phenoxy) is 1. The summed E-state index contributed by atoms with van der Waals surface area (Å²) >= 11 is 1.42. The Bertz CT molecular complexity index is 529. The summed E-state index contributed by atoms with van der Waals surface area (Å²) in [4.78, 5) is 14.1. The molecule has 2 heterocycles. The highest BCUT2D eigenvalue weighted by molar-refractivity contribution is 7.11. The number of aliphatic hydroxyl groups excluding tert-OH is 1. The monoisotopic (exact) mass is 397 g/mol. The van der Waals surface area contributed by atoms with Gasteiger partial charge in [0.15, 0.2) is 0 Å². The van der Waals surface area contributed by atoms with Crippen molar-refractivity contribution in [3.63, 3.8) is 0 Å². The highest BCUT2D eigenvalue weighted by Gasteiger charge is 2.40. The molecule has 0 aromatic carbocycles. The van der Waals surface area contributed by atoms with Crippen LogP contribution in [0, 0.1) is 11.8 Å². The second-order valence-corrected chi connectivity index (χ2v) is 9.39. The number of β-amino-alcohol motifs (C(OH)–C–C–N with tert-alkyl or cyclic N) is 1. The lowest BCUT2D eigenvalue weighted by Gasteiger charge is -2.22. The van der Waals surface area contributed by atoms with Crippen LogP contribution in [0.25, 0.3) is 0 Å². The summed E-state index contributed by atoms with van der Waals surface area (Å²) < 4.78 is 5.29. The van der Waals surface area contributed by atoms with Gasteiger partial charge in [-0.05, 0) is 45.4 Å². The summed E-state index contributed by atoms with van der Waals surface area (Å²) in [5, 5.41) is 17.9. The number of fused-ring (bicyclic) bond motifs is 1. The van der Waals surface area contributed by atoms with Crippen LogP contribution < -0.4 is 15.4 Å². The number of rotatable bonds is 5. The van der Waals surface area contributed by atoms with Gasteiger partial charge in [-0.1, -0.05) is 30.6 Å². The zero-order chi connectivity index (χ0) is 19.7. The Morgan fingerprint density at radius 3 is 2.48 bits per heavy atom. The maximum absolute atomic E-state index is 10.1. The van der Waals surface area contributed by atoms with E-state index in [1.165, 1.54) is 29.6 Å². The fourth-order valence-corrected chi connectivity index (χ4v) is 3.65. The van der Waals surface area contributed by atoms with E-state index in [9.17, 15) is 9.90 Å². The van der Waals surface area contributed by atoms with Crippen LogP contribution in [-0.4, -0.2) is 47.3 Å². The Hall–Kier alpha value is -1.18. The van der Waals surface area contributed by atoms with Gasteiger partial charge < -0.3 is 20.5 Å². The summed E-state index contributed by atoms with van der Waals surface area (Å²) in [5.74, 6) is 2.63. The molecule has 3 unspecified atom stereocenters. The van der Waals surface area contributed by atoms with Crippen molar-refractivity contribution in [1.82, 2.24) is 15.6 Å². The zero-order valence-electron chi connectivity index (χ0n) is 16.9. The molecule has 4 rings (SSSR count). The third-order valence-electron chi connectivity index (χ3n) is 4.80. The lowest BCUT2D eigenvalue weighted by Crippen LogP contribution is -2.42. The number of aromatic nitrogens is 1. The van der Waals surface area contributed by atoms with Crippen LogP contribution in [0.2, 0.25) is 0 Å². The van der Waals surface area contributed by atoms with Crippen LogP contribution in [0.4, 0.5) is 0 Å². The summed E-state index contributed by atoms with van der Waals surface area (Å²) in [6, 6.07) is 0. The predicted molar refractivity (Wildman–Crippen MR) is 109 cm³/mol. The standard InChI is InChI=1S/C10H18N2O2S.C6H10.C4H7NO/c1-10(2,3)12-6-8(13)7-14-9-11-4-5-15-9;1-2-5-4-6(5)3-1;6-4-2-1-3-5-4/h4-5,8,12-13H,6-7H2,1-3H3;5-6H,1-4H2;1-3H2,(H,5,6). The fraction of sp³-hybridized carbons (Fsp3) is 0.800. The van der Waals surface area contributed by atoms with Gasteiger partial charge in [0.25, 0.3) is 5.19 Å². The molecule has 3 fully saturated rings. The summed E-state index contributed by atoms with van der Waals surface area (Å²) in [7, 11) is 0. The molecule has 0 bridgehead atoms. The third kappa shape index (κ3) is 10.1. The van der Waals surface area contributed by atoms with E-state index in [0.717, 1.165) is 19.4 Å². The van der Waals surface area contributed by atoms with Gasteiger partial charge in [-0.2, -0.15) is 0 Å². The highest BCUT2D eigenvalue weighted by atomic mass is 32.1. The molecule has 7 heteroatoms. The smallest absolute Gasteiger partial charge is 0.273 e. The van der Waals surface area contributed by atoms with E-state index in [1.54, 1.807) is 25.5 Å². The minimum atomic E-state index is -0.506. The summed E-state index contributed by atoms with van der Waals surface area (Å²) in [5.41, 5.74) is 0.0160. The van der Waals surface area contributed by atoms with Gasteiger partial charge in [-0.15, -0.1) is 0 Å². The molecule has 0 spiro atoms. The van der Waals surface area contributed by atoms with Crippen molar-refractivity contribution in [3.8, 4) is 5.19 Å². The molecule has 1 aliphatic heterocycles. The Balaban J connectivity index is 0.000000174. The Morgan fingerprint density at radius 1 is 1.37 bits per heavy atom. The lowest BCUT2D eigenvalue weighted by atomic mass is 10.1. The van der Waals surface area contributed by atoms with Crippen molar-refractivity contribution >= 4 is 17.2 Å². The molecule has 3 atom stereocenters. The molecule has 2 aliphatic carbocycles. The van der Waals surface area contributed by atoms with E-state index in [4.69, 9.17) is 4.74 Å². The molecule has 1 saturated heterocycles. The number of nitrogens with zero attached hydrogens (tertiary/aromatic N) is 1. The SMILES string of the molecule is C1CC2CC2C1.CC(C)(C)NCC(O)COc1nccs1.O=C1CCCN1. The summed E-state index contributed by atoms with van der Waals surface area (Å²) in [6.07, 6.45) is 9.18. The lowest BCUT2D eigenvalue weighted by molar-refractivity contribution is -0.119. The topological polar surface area (TPSA) is 83.5 Å². The summed E-state index contributed by atoms with van der Waals surface area (Å²) in [6.45, 7) is 7.86. The van der Waals surface area contributed by atoms with Crippen LogP contribution in [0.3, 0.4) is 0 Å². The van der Waals surface area contributed by atoms with Gasteiger partial charge in [0.05, 0.1) is 0 Å². The predicted octanol–water partition coefficient (Wildman–Crippen LogP) is 2.97. The van der Waals surface area contributed by atoms with Crippen LogP contribution in [0.15, 0.2) is 11.6 Å². The minimum absolute atomic E-state index is 0.0160. The second kappa shape index (κ2) is 11.0. The fourth-order valence-electron chi connectivity index (χ4n) is 3.16. The quantitative estimate of drug-likeness (QED) is 0.711. The first-order valence-electron chi connectivity index (χ1n) is 10.1. The highest BCUT2D eigenvalue weighted by Crippen LogP contribution is 2.51. The number of hydrogen-bond acceptors (Lipinski definition) is 6. The molecule has 3 N–H and O–H groups in total. The maximum atomic E-state index is 10.1. The number of amides is 1. The van der Waals surface area contributed by atoms with Crippen molar-refractivity contribution in [3.05, 3.63) is 11.6 Å². The number of thiazole rings is 1. The van der Waals surface area contributed by atoms with Crippen molar-refractivity contribution in [2.24, 2.45) is 11.8 Å². The number of carbonyl (C=O) groups excluding carboxylic acids is 1. The first kappa shape index (κ1) is 22.1. The third-order valence-corrected chi connectivity index (χ3v) is 5.48. The molecule has 154 valence electrons. The van der Waals surface area contributed by atoms with Crippen molar-refractivity contribution in [2.45, 2.75) is 70.9 Å². The average Bonchev–Trinajstić information content (AvgIpc) is 3.10. The molecular weight excluding hydrogens is 362 g/mol. The molecule has 0 radical (unpaired) electrons. The Kier molecular flexibility index (Phi) is 8.99. The Labute approximate surface area is 167 Å². The number of hydrogen-bond donors (Lipinski definition) is 3. The molecule has 27 heavy (non-hydrogen) atoms. The van der Waals surface area contributed by atoms with Gasteiger partial charge in [0.1, 0.15) is 12.7 Å². The number of aliphatic hydroxyl groups is 1. The Morgan fingerprint density at radius 2 is 2.11 bits per heavy atom. The first-order valence-corrected chi connectivity index (χ1v) is 10.9. The molecule has 3 aliphatic rings. The van der Waals surface area contributed by atoms with Gasteiger partial charge in [0.2, 0.25) is 5.91 Å².